The highest BCUT2D eigenvalue weighted by molar-refractivity contribution is 6.41. The van der Waals surface area contributed by atoms with Gasteiger partial charge in [-0.1, -0.05) is 23.2 Å². The van der Waals surface area contributed by atoms with Crippen molar-refractivity contribution >= 4 is 51.7 Å². The molecule has 1 saturated heterocycles. The topological polar surface area (TPSA) is 68.6 Å². The minimum absolute atomic E-state index is 0.0241. The second-order valence-electron chi connectivity index (χ2n) is 9.13. The fourth-order valence-electron chi connectivity index (χ4n) is 4.74. The summed E-state index contributed by atoms with van der Waals surface area (Å²) >= 11 is 12.9. The number of carbonyl (C=O) groups excluding carboxylic acids is 3. The number of fused-ring (bicyclic) bond motifs is 1. The number of nitrogens with zero attached hydrogens (tertiary/aromatic N) is 2. The zero-order valence-electron chi connectivity index (χ0n) is 20.2. The van der Waals surface area contributed by atoms with Crippen LogP contribution in [0.5, 0.6) is 5.75 Å². The van der Waals surface area contributed by atoms with Crippen molar-refractivity contribution in [1.82, 2.24) is 9.47 Å². The van der Waals surface area contributed by atoms with Crippen molar-refractivity contribution < 1.29 is 32.3 Å². The fourth-order valence-corrected chi connectivity index (χ4v) is 5.35. The van der Waals surface area contributed by atoms with E-state index in [1.807, 2.05) is 0 Å². The normalized spacial score (nSPS) is 14.8. The van der Waals surface area contributed by atoms with Gasteiger partial charge in [0, 0.05) is 30.6 Å². The van der Waals surface area contributed by atoms with Crippen LogP contribution in [-0.4, -0.2) is 46.5 Å². The lowest BCUT2D eigenvalue weighted by molar-refractivity contribution is -0.274. The monoisotopic (exact) mass is 554 g/mol. The van der Waals surface area contributed by atoms with E-state index in [0.717, 1.165) is 0 Å². The number of rotatable bonds is 4. The lowest BCUT2D eigenvalue weighted by atomic mass is 9.93. The summed E-state index contributed by atoms with van der Waals surface area (Å²) in [5, 5.41) is 0.293. The van der Waals surface area contributed by atoms with Crippen molar-refractivity contribution in [1.29, 1.82) is 0 Å². The number of alkyl halides is 3. The third-order valence-corrected chi connectivity index (χ3v) is 7.31. The number of aromatic nitrogens is 1. The third-order valence-electron chi connectivity index (χ3n) is 6.61. The molecular weight excluding hydrogens is 532 g/mol. The molecule has 0 aliphatic carbocycles. The van der Waals surface area contributed by atoms with Crippen LogP contribution in [0.3, 0.4) is 0 Å². The molecule has 0 unspecified atom stereocenters. The average molecular weight is 555 g/mol. The molecule has 0 saturated carbocycles. The molecule has 2 heterocycles. The molecule has 4 rings (SSSR count). The molecule has 196 valence electrons. The van der Waals surface area contributed by atoms with Crippen LogP contribution in [0.2, 0.25) is 10.0 Å². The van der Waals surface area contributed by atoms with Crippen LogP contribution in [0.1, 0.15) is 51.6 Å². The maximum absolute atomic E-state index is 13.7. The van der Waals surface area contributed by atoms with Gasteiger partial charge in [0.15, 0.2) is 0 Å². The van der Waals surface area contributed by atoms with Gasteiger partial charge in [0.2, 0.25) is 0 Å². The van der Waals surface area contributed by atoms with E-state index in [0.29, 0.717) is 48.0 Å². The molecule has 0 N–H and O–H groups in total. The molecule has 0 radical (unpaired) electrons. The Morgan fingerprint density at radius 1 is 1.00 bits per heavy atom. The van der Waals surface area contributed by atoms with Crippen LogP contribution in [0.25, 0.3) is 10.9 Å². The van der Waals surface area contributed by atoms with E-state index in [4.69, 9.17) is 23.2 Å². The van der Waals surface area contributed by atoms with Crippen LogP contribution in [0.15, 0.2) is 30.5 Å². The van der Waals surface area contributed by atoms with Gasteiger partial charge in [-0.25, -0.2) is 0 Å². The summed E-state index contributed by atoms with van der Waals surface area (Å²) in [6.45, 7) is 5.51. The lowest BCUT2D eigenvalue weighted by Gasteiger charge is -2.31. The highest BCUT2D eigenvalue weighted by Gasteiger charge is 2.32. The first-order valence-corrected chi connectivity index (χ1v) is 12.2. The van der Waals surface area contributed by atoms with Gasteiger partial charge < -0.3 is 9.64 Å². The number of benzene rings is 2. The molecule has 1 aromatic heterocycles. The minimum Gasteiger partial charge on any atom is -0.406 e. The lowest BCUT2D eigenvalue weighted by Crippen LogP contribution is -2.40. The van der Waals surface area contributed by atoms with Crippen molar-refractivity contribution in [3.8, 4) is 5.75 Å². The van der Waals surface area contributed by atoms with Crippen LogP contribution in [-0.2, 0) is 4.79 Å². The molecule has 6 nitrogen and oxygen atoms in total. The van der Waals surface area contributed by atoms with E-state index < -0.39 is 18.0 Å². The Bertz CT molecular complexity index is 1420. The number of likely N-dealkylation sites (tertiary alicyclic amines) is 1. The Labute approximate surface area is 220 Å². The van der Waals surface area contributed by atoms with Gasteiger partial charge in [0.05, 0.1) is 26.7 Å². The summed E-state index contributed by atoms with van der Waals surface area (Å²) in [5.41, 5.74) is 1.27. The Kier molecular flexibility index (Phi) is 7.32. The summed E-state index contributed by atoms with van der Waals surface area (Å²) < 4.78 is 43.6. The number of carbonyl (C=O) groups is 3. The maximum atomic E-state index is 13.7. The molecule has 1 aliphatic heterocycles. The standard InChI is InChI=1S/C26H23Cl2F3N2O4/c1-13-10-17(37-26(29,30)31)11-19-14(2)12-33(23(13)19)25(36)21-20(27)5-4-18(22(21)28)24(35)32-8-6-16(7-9-32)15(3)34/h4-5,10-12,16H,6-9H2,1-3H3. The maximum Gasteiger partial charge on any atom is 0.573 e. The number of amides is 1. The first kappa shape index (κ1) is 27.0. The molecule has 3 aromatic rings. The summed E-state index contributed by atoms with van der Waals surface area (Å²) in [6, 6.07) is 5.26. The van der Waals surface area contributed by atoms with Crippen LogP contribution < -0.4 is 4.74 Å². The third kappa shape index (κ3) is 5.33. The van der Waals surface area contributed by atoms with Gasteiger partial charge in [-0.3, -0.25) is 19.0 Å². The molecule has 11 heteroatoms. The number of piperidine rings is 1. The van der Waals surface area contributed by atoms with Crippen LogP contribution in [0.4, 0.5) is 13.2 Å². The summed E-state index contributed by atoms with van der Waals surface area (Å²) in [7, 11) is 0. The fraction of sp³-hybridized carbons (Fsp3) is 0.346. The minimum atomic E-state index is -4.86. The van der Waals surface area contributed by atoms with Crippen molar-refractivity contribution in [2.45, 2.75) is 40.0 Å². The highest BCUT2D eigenvalue weighted by atomic mass is 35.5. The molecule has 37 heavy (non-hydrogen) atoms. The van der Waals surface area contributed by atoms with E-state index in [1.165, 1.54) is 42.0 Å². The summed E-state index contributed by atoms with van der Waals surface area (Å²) in [4.78, 5) is 40.1. The summed E-state index contributed by atoms with van der Waals surface area (Å²) in [6.07, 6.45) is -2.29. The van der Waals surface area contributed by atoms with Crippen molar-refractivity contribution in [2.24, 2.45) is 5.92 Å². The van der Waals surface area contributed by atoms with Crippen molar-refractivity contribution in [3.05, 3.63) is 62.8 Å². The smallest absolute Gasteiger partial charge is 0.406 e. The molecule has 1 aliphatic rings. The molecule has 1 fully saturated rings. The molecule has 0 bridgehead atoms. The zero-order valence-corrected chi connectivity index (χ0v) is 21.7. The Morgan fingerprint density at radius 3 is 2.24 bits per heavy atom. The Balaban J connectivity index is 1.71. The number of aryl methyl sites for hydroxylation is 2. The predicted molar refractivity (Wildman–Crippen MR) is 134 cm³/mol. The largest absolute Gasteiger partial charge is 0.573 e. The van der Waals surface area contributed by atoms with E-state index in [9.17, 15) is 27.6 Å². The van der Waals surface area contributed by atoms with E-state index >= 15 is 0 Å². The SMILES string of the molecule is CC(=O)C1CCN(C(=O)c2ccc(Cl)c(C(=O)n3cc(C)c4cc(OC(F)(F)F)cc(C)c43)c2Cl)CC1. The van der Waals surface area contributed by atoms with Gasteiger partial charge in [-0.2, -0.15) is 0 Å². The van der Waals surface area contributed by atoms with Crippen molar-refractivity contribution in [2.75, 3.05) is 13.1 Å². The number of ether oxygens (including phenoxy) is 1. The van der Waals surface area contributed by atoms with Gasteiger partial charge in [-0.05, 0) is 69.0 Å². The van der Waals surface area contributed by atoms with Gasteiger partial charge >= 0.3 is 6.36 Å². The molecule has 2 aromatic carbocycles. The first-order valence-electron chi connectivity index (χ1n) is 11.5. The van der Waals surface area contributed by atoms with E-state index in [-0.39, 0.29) is 38.8 Å². The second kappa shape index (κ2) is 10.0. The van der Waals surface area contributed by atoms with Crippen LogP contribution in [0, 0.1) is 19.8 Å². The van der Waals surface area contributed by atoms with Gasteiger partial charge in [-0.15, -0.1) is 13.2 Å². The van der Waals surface area contributed by atoms with E-state index in [2.05, 4.69) is 4.74 Å². The molecule has 1 amide bonds. The molecule has 0 spiro atoms. The predicted octanol–water partition coefficient (Wildman–Crippen LogP) is 6.59. The number of hydrogen-bond acceptors (Lipinski definition) is 4. The van der Waals surface area contributed by atoms with E-state index in [1.54, 1.807) is 18.7 Å². The molecular formula is C26H23Cl2F3N2O4. The quantitative estimate of drug-likeness (QED) is 0.364. The van der Waals surface area contributed by atoms with Crippen LogP contribution >= 0.6 is 23.2 Å². The highest BCUT2D eigenvalue weighted by Crippen LogP contribution is 2.35. The Hall–Kier alpha value is -3.04. The molecule has 0 atom stereocenters. The number of Topliss-reactive ketones (excluding diaryl/α,β-unsaturated/α-hetero) is 1. The first-order chi connectivity index (χ1) is 17.3. The number of halogens is 5. The van der Waals surface area contributed by atoms with Gasteiger partial charge in [0.1, 0.15) is 11.5 Å². The number of ketones is 1. The van der Waals surface area contributed by atoms with Crippen molar-refractivity contribution in [3.63, 3.8) is 0 Å². The second-order valence-corrected chi connectivity index (χ2v) is 9.92. The average Bonchev–Trinajstić information content (AvgIpc) is 3.14. The number of hydrogen-bond donors (Lipinski definition) is 0. The summed E-state index contributed by atoms with van der Waals surface area (Å²) in [5.74, 6) is -1.41. The van der Waals surface area contributed by atoms with Gasteiger partial charge in [0.25, 0.3) is 11.8 Å². The Morgan fingerprint density at radius 2 is 1.65 bits per heavy atom. The zero-order chi connectivity index (χ0) is 27.2.